The van der Waals surface area contributed by atoms with Gasteiger partial charge in [-0.1, -0.05) is 47.4 Å². The molecule has 2 aromatic rings. The number of carboxylic acids is 1. The molecule has 1 aromatic carbocycles. The Kier molecular flexibility index (Phi) is 4.49. The van der Waals surface area contributed by atoms with E-state index in [2.05, 4.69) is 10.2 Å². The van der Waals surface area contributed by atoms with E-state index in [1.54, 1.807) is 23.3 Å². The van der Waals surface area contributed by atoms with E-state index in [9.17, 15) is 4.79 Å². The van der Waals surface area contributed by atoms with Crippen molar-refractivity contribution in [3.05, 3.63) is 47.0 Å². The predicted molar refractivity (Wildman–Crippen MR) is 72.6 cm³/mol. The molecule has 0 radical (unpaired) electrons. The van der Waals surface area contributed by atoms with Crippen LogP contribution in [0.5, 0.6) is 0 Å². The minimum atomic E-state index is -0.941. The minimum absolute atomic E-state index is 0.796. The van der Waals surface area contributed by atoms with Crippen molar-refractivity contribution >= 4 is 35.1 Å². The number of nitrogens with zero attached hydrogens (tertiary/aromatic N) is 2. The molecule has 1 N–H and O–H groups in total. The summed E-state index contributed by atoms with van der Waals surface area (Å²) in [5.74, 6) is -0.145. The first-order valence-corrected chi connectivity index (χ1v) is 6.99. The predicted octanol–water partition coefficient (Wildman–Crippen LogP) is 2.93. The Labute approximate surface area is 112 Å². The van der Waals surface area contributed by atoms with Crippen molar-refractivity contribution in [2.75, 3.05) is 0 Å². The van der Waals surface area contributed by atoms with Gasteiger partial charge in [0.2, 0.25) is 0 Å². The molecular weight excluding hydrogens is 268 g/mol. The van der Waals surface area contributed by atoms with Crippen molar-refractivity contribution < 1.29 is 9.90 Å². The smallest absolute Gasteiger partial charge is 0.328 e. The highest BCUT2D eigenvalue weighted by atomic mass is 32.2. The van der Waals surface area contributed by atoms with Crippen LogP contribution < -0.4 is 0 Å². The molecule has 0 bridgehead atoms. The summed E-state index contributed by atoms with van der Waals surface area (Å²) in [4.78, 5) is 10.4. The number of thioether (sulfide) groups is 1. The average molecular weight is 278 g/mol. The zero-order valence-electron chi connectivity index (χ0n) is 9.31. The van der Waals surface area contributed by atoms with Crippen LogP contribution in [0, 0.1) is 0 Å². The van der Waals surface area contributed by atoms with Gasteiger partial charge >= 0.3 is 5.97 Å². The topological polar surface area (TPSA) is 63.1 Å². The summed E-state index contributed by atoms with van der Waals surface area (Å²) >= 11 is 3.13. The van der Waals surface area contributed by atoms with E-state index in [0.29, 0.717) is 0 Å². The van der Waals surface area contributed by atoms with Crippen LogP contribution in [-0.2, 0) is 10.5 Å². The highest BCUT2D eigenvalue weighted by molar-refractivity contribution is 8.00. The van der Waals surface area contributed by atoms with Crippen molar-refractivity contribution in [2.24, 2.45) is 0 Å². The molecule has 0 aliphatic carbocycles. The lowest BCUT2D eigenvalue weighted by molar-refractivity contribution is -0.131. The molecule has 2 rings (SSSR count). The molecule has 0 atom stereocenters. The van der Waals surface area contributed by atoms with Crippen LogP contribution in [0.2, 0.25) is 0 Å². The third kappa shape index (κ3) is 3.97. The number of carbonyl (C=O) groups is 1. The Balaban J connectivity index is 2.01. The molecule has 18 heavy (non-hydrogen) atoms. The van der Waals surface area contributed by atoms with Gasteiger partial charge in [-0.25, -0.2) is 4.79 Å². The molecule has 0 saturated heterocycles. The molecule has 0 unspecified atom stereocenters. The summed E-state index contributed by atoms with van der Waals surface area (Å²) in [6.07, 6.45) is 2.72. The van der Waals surface area contributed by atoms with Gasteiger partial charge in [-0.2, -0.15) is 0 Å². The standard InChI is InChI=1S/C12H10N2O2S2/c15-11(16)5-4-9-2-1-3-10(6-9)7-17-12-14-13-8-18-12/h1-6,8H,7H2,(H,15,16). The molecular formula is C12H10N2O2S2. The first-order chi connectivity index (χ1) is 8.74. The number of hydrogen-bond acceptors (Lipinski definition) is 5. The van der Waals surface area contributed by atoms with E-state index in [1.165, 1.54) is 11.3 Å². The first-order valence-electron chi connectivity index (χ1n) is 5.13. The van der Waals surface area contributed by atoms with Crippen LogP contribution in [0.1, 0.15) is 11.1 Å². The Hall–Kier alpha value is -1.66. The fourth-order valence-electron chi connectivity index (χ4n) is 1.32. The van der Waals surface area contributed by atoms with Crippen LogP contribution >= 0.6 is 23.1 Å². The molecule has 92 valence electrons. The molecule has 0 aliphatic rings. The Bertz CT molecular complexity index is 553. The Morgan fingerprint density at radius 1 is 1.50 bits per heavy atom. The second-order valence-corrected chi connectivity index (χ2v) is 5.47. The molecule has 0 fully saturated rings. The Morgan fingerprint density at radius 3 is 3.11 bits per heavy atom. The number of benzene rings is 1. The Morgan fingerprint density at radius 2 is 2.39 bits per heavy atom. The van der Waals surface area contributed by atoms with Gasteiger partial charge in [0.05, 0.1) is 0 Å². The van der Waals surface area contributed by atoms with Crippen molar-refractivity contribution in [1.29, 1.82) is 0 Å². The third-order valence-electron chi connectivity index (χ3n) is 2.07. The van der Waals surface area contributed by atoms with Crippen LogP contribution in [0.4, 0.5) is 0 Å². The number of hydrogen-bond donors (Lipinski definition) is 1. The van der Waals surface area contributed by atoms with Gasteiger partial charge in [-0.05, 0) is 17.2 Å². The quantitative estimate of drug-likeness (QED) is 0.673. The molecule has 0 saturated carbocycles. The van der Waals surface area contributed by atoms with Crippen LogP contribution in [0.15, 0.2) is 40.2 Å². The summed E-state index contributed by atoms with van der Waals surface area (Å²) in [6.45, 7) is 0. The monoisotopic (exact) mass is 278 g/mol. The van der Waals surface area contributed by atoms with E-state index in [4.69, 9.17) is 5.11 Å². The molecule has 6 heteroatoms. The van der Waals surface area contributed by atoms with E-state index in [0.717, 1.165) is 27.3 Å². The number of rotatable bonds is 5. The normalized spacial score (nSPS) is 10.9. The molecule has 0 amide bonds. The van der Waals surface area contributed by atoms with E-state index in [-0.39, 0.29) is 0 Å². The second-order valence-electron chi connectivity index (χ2n) is 3.41. The summed E-state index contributed by atoms with van der Waals surface area (Å²) < 4.78 is 0.932. The molecule has 1 aromatic heterocycles. The molecule has 1 heterocycles. The van der Waals surface area contributed by atoms with Gasteiger partial charge in [0, 0.05) is 11.8 Å². The summed E-state index contributed by atoms with van der Waals surface area (Å²) in [7, 11) is 0. The summed E-state index contributed by atoms with van der Waals surface area (Å²) in [6, 6.07) is 7.76. The highest BCUT2D eigenvalue weighted by Crippen LogP contribution is 2.24. The van der Waals surface area contributed by atoms with Crippen molar-refractivity contribution in [1.82, 2.24) is 10.2 Å². The fourth-order valence-corrected chi connectivity index (χ4v) is 2.76. The second kappa shape index (κ2) is 6.32. The van der Waals surface area contributed by atoms with Crippen molar-refractivity contribution in [3.63, 3.8) is 0 Å². The van der Waals surface area contributed by atoms with Crippen molar-refractivity contribution in [2.45, 2.75) is 10.1 Å². The number of aromatic nitrogens is 2. The van der Waals surface area contributed by atoms with Crippen molar-refractivity contribution in [3.8, 4) is 0 Å². The number of carboxylic acid groups (broad SMARTS) is 1. The SMILES string of the molecule is O=C(O)C=Cc1cccc(CSc2nncs2)c1. The molecule has 0 spiro atoms. The van der Waals surface area contributed by atoms with Gasteiger partial charge in [0.1, 0.15) is 5.51 Å². The van der Waals surface area contributed by atoms with E-state index < -0.39 is 5.97 Å². The zero-order valence-corrected chi connectivity index (χ0v) is 10.9. The molecule has 4 nitrogen and oxygen atoms in total. The maximum Gasteiger partial charge on any atom is 0.328 e. The number of aliphatic carboxylic acids is 1. The van der Waals surface area contributed by atoms with E-state index >= 15 is 0 Å². The van der Waals surface area contributed by atoms with Gasteiger partial charge in [-0.15, -0.1) is 10.2 Å². The lowest BCUT2D eigenvalue weighted by atomic mass is 10.1. The summed E-state index contributed by atoms with van der Waals surface area (Å²) in [5.41, 5.74) is 3.71. The van der Waals surface area contributed by atoms with Gasteiger partial charge < -0.3 is 5.11 Å². The maximum atomic E-state index is 10.4. The highest BCUT2D eigenvalue weighted by Gasteiger charge is 2.00. The van der Waals surface area contributed by atoms with Crippen LogP contribution in [0.3, 0.4) is 0 Å². The van der Waals surface area contributed by atoms with E-state index in [1.807, 2.05) is 24.3 Å². The lowest BCUT2D eigenvalue weighted by Crippen LogP contribution is -1.86. The van der Waals surface area contributed by atoms with Crippen LogP contribution in [-0.4, -0.2) is 21.3 Å². The third-order valence-corrected chi connectivity index (χ3v) is 4.00. The largest absolute Gasteiger partial charge is 0.478 e. The minimum Gasteiger partial charge on any atom is -0.478 e. The first kappa shape index (κ1) is 12.8. The van der Waals surface area contributed by atoms with Gasteiger partial charge in [-0.3, -0.25) is 0 Å². The average Bonchev–Trinajstić information content (AvgIpc) is 2.87. The summed E-state index contributed by atoms with van der Waals surface area (Å²) in [5, 5.41) is 16.3. The molecule has 0 aliphatic heterocycles. The van der Waals surface area contributed by atoms with Crippen LogP contribution in [0.25, 0.3) is 6.08 Å². The zero-order chi connectivity index (χ0) is 12.8. The maximum absolute atomic E-state index is 10.4. The van der Waals surface area contributed by atoms with Gasteiger partial charge in [0.25, 0.3) is 0 Å². The lowest BCUT2D eigenvalue weighted by Gasteiger charge is -2.00. The fraction of sp³-hybridized carbons (Fsp3) is 0.0833. The van der Waals surface area contributed by atoms with Gasteiger partial charge in [0.15, 0.2) is 4.34 Å².